The number of amides is 2. The maximum Gasteiger partial charge on any atom is 0.408 e. The normalized spacial score (nSPS) is 31.1. The number of alkyl carbamates (subject to hydrolysis) is 1. The number of hydrogen-bond acceptors (Lipinski definition) is 5. The summed E-state index contributed by atoms with van der Waals surface area (Å²) in [5.74, 6) is -0.254. The van der Waals surface area contributed by atoms with Gasteiger partial charge in [-0.05, 0) is 71.6 Å². The molecular formula is C16H26N2O5S. The average molecular weight is 358 g/mol. The van der Waals surface area contributed by atoms with E-state index in [1.54, 1.807) is 27.7 Å². The van der Waals surface area contributed by atoms with Crippen molar-refractivity contribution in [2.24, 2.45) is 11.8 Å². The second-order valence-electron chi connectivity index (χ2n) is 8.63. The number of nitrogens with one attached hydrogen (secondary N) is 2. The summed E-state index contributed by atoms with van der Waals surface area (Å²) in [4.78, 5) is 24.8. The van der Waals surface area contributed by atoms with E-state index in [4.69, 9.17) is 4.74 Å². The summed E-state index contributed by atoms with van der Waals surface area (Å²) in [6.45, 7) is 6.84. The lowest BCUT2D eigenvalue weighted by Gasteiger charge is -2.24. The van der Waals surface area contributed by atoms with Gasteiger partial charge in [-0.25, -0.2) is 13.2 Å². The van der Waals surface area contributed by atoms with Gasteiger partial charge < -0.3 is 10.1 Å². The van der Waals surface area contributed by atoms with E-state index >= 15 is 0 Å². The largest absolute Gasteiger partial charge is 0.444 e. The van der Waals surface area contributed by atoms with Gasteiger partial charge in [0, 0.05) is 0 Å². The molecule has 0 aliphatic heterocycles. The van der Waals surface area contributed by atoms with E-state index in [2.05, 4.69) is 10.0 Å². The highest BCUT2D eigenvalue weighted by Gasteiger charge is 2.67. The van der Waals surface area contributed by atoms with Crippen molar-refractivity contribution in [3.8, 4) is 0 Å². The molecular weight excluding hydrogens is 332 g/mol. The molecule has 0 spiro atoms. The van der Waals surface area contributed by atoms with Crippen molar-refractivity contribution in [1.29, 1.82) is 0 Å². The summed E-state index contributed by atoms with van der Waals surface area (Å²) in [5, 5.41) is 2.65. The molecule has 0 saturated heterocycles. The number of hydrogen-bond donors (Lipinski definition) is 2. The minimum Gasteiger partial charge on any atom is -0.444 e. The third-order valence-corrected chi connectivity index (χ3v) is 7.32. The Hall–Kier alpha value is -1.31. The van der Waals surface area contributed by atoms with Crippen LogP contribution in [-0.2, 0) is 19.6 Å². The molecule has 3 aliphatic rings. The molecule has 3 aliphatic carbocycles. The zero-order valence-corrected chi connectivity index (χ0v) is 15.5. The lowest BCUT2D eigenvalue weighted by Crippen LogP contribution is -2.54. The van der Waals surface area contributed by atoms with E-state index in [0.717, 1.165) is 12.8 Å². The second kappa shape index (κ2) is 5.09. The van der Waals surface area contributed by atoms with Gasteiger partial charge in [-0.15, -0.1) is 0 Å². The van der Waals surface area contributed by atoms with Crippen molar-refractivity contribution in [3.05, 3.63) is 0 Å². The Morgan fingerprint density at radius 1 is 1.17 bits per heavy atom. The van der Waals surface area contributed by atoms with Gasteiger partial charge in [0.2, 0.25) is 10.0 Å². The smallest absolute Gasteiger partial charge is 0.408 e. The summed E-state index contributed by atoms with van der Waals surface area (Å²) < 4.78 is 31.2. The molecule has 2 N–H and O–H groups in total. The lowest BCUT2D eigenvalue weighted by molar-refractivity contribution is -0.123. The SMILES string of the molecule is CC(C)(C)OC(=O)NC1(C(=O)NS(=O)(=O)C2(C)CC2)CC1C1CC1. The minimum absolute atomic E-state index is 0.00720. The van der Waals surface area contributed by atoms with Gasteiger partial charge in [0.15, 0.2) is 0 Å². The van der Waals surface area contributed by atoms with Crippen molar-refractivity contribution in [2.75, 3.05) is 0 Å². The molecule has 3 fully saturated rings. The Morgan fingerprint density at radius 2 is 1.75 bits per heavy atom. The van der Waals surface area contributed by atoms with Crippen LogP contribution < -0.4 is 10.0 Å². The van der Waals surface area contributed by atoms with Crippen LogP contribution in [0.4, 0.5) is 4.79 Å². The first-order valence-electron chi connectivity index (χ1n) is 8.47. The number of rotatable bonds is 5. The fourth-order valence-electron chi connectivity index (χ4n) is 3.08. The molecule has 0 aromatic heterocycles. The molecule has 0 bridgehead atoms. The van der Waals surface area contributed by atoms with E-state index < -0.39 is 37.9 Å². The zero-order chi connectivity index (χ0) is 18.0. The van der Waals surface area contributed by atoms with Gasteiger partial charge >= 0.3 is 6.09 Å². The minimum atomic E-state index is -3.72. The topological polar surface area (TPSA) is 102 Å². The Bertz CT molecular complexity index is 673. The first-order valence-corrected chi connectivity index (χ1v) is 9.95. The van der Waals surface area contributed by atoms with Gasteiger partial charge in [0.05, 0.1) is 4.75 Å². The third-order valence-electron chi connectivity index (χ3n) is 5.16. The van der Waals surface area contributed by atoms with Crippen LogP contribution in [0.1, 0.15) is 59.8 Å². The quantitative estimate of drug-likeness (QED) is 0.778. The Kier molecular flexibility index (Phi) is 3.72. The molecule has 0 heterocycles. The zero-order valence-electron chi connectivity index (χ0n) is 14.6. The van der Waals surface area contributed by atoms with Crippen molar-refractivity contribution in [2.45, 2.75) is 75.7 Å². The molecule has 2 atom stereocenters. The van der Waals surface area contributed by atoms with E-state index in [9.17, 15) is 18.0 Å². The van der Waals surface area contributed by atoms with Crippen LogP contribution in [0.5, 0.6) is 0 Å². The fourth-order valence-corrected chi connectivity index (χ4v) is 4.40. The summed E-state index contributed by atoms with van der Waals surface area (Å²) in [5.41, 5.74) is -1.83. The predicted octanol–water partition coefficient (Wildman–Crippen LogP) is 1.68. The van der Waals surface area contributed by atoms with Crippen LogP contribution in [-0.4, -0.2) is 36.3 Å². The molecule has 0 aromatic carbocycles. The van der Waals surface area contributed by atoms with Crippen molar-refractivity contribution in [1.82, 2.24) is 10.0 Å². The molecule has 24 heavy (non-hydrogen) atoms. The van der Waals surface area contributed by atoms with E-state index in [0.29, 0.717) is 25.2 Å². The summed E-state index contributed by atoms with van der Waals surface area (Å²) in [7, 11) is -3.72. The summed E-state index contributed by atoms with van der Waals surface area (Å²) >= 11 is 0. The highest BCUT2D eigenvalue weighted by atomic mass is 32.2. The molecule has 7 nitrogen and oxygen atoms in total. The maximum absolute atomic E-state index is 12.7. The Balaban J connectivity index is 1.72. The molecule has 2 unspecified atom stereocenters. The number of carbonyl (C=O) groups excluding carboxylic acids is 2. The van der Waals surface area contributed by atoms with Crippen LogP contribution in [0, 0.1) is 11.8 Å². The molecule has 8 heteroatoms. The monoisotopic (exact) mass is 358 g/mol. The highest BCUT2D eigenvalue weighted by Crippen LogP contribution is 2.57. The second-order valence-corrected chi connectivity index (χ2v) is 10.8. The van der Waals surface area contributed by atoms with E-state index in [-0.39, 0.29) is 5.92 Å². The Morgan fingerprint density at radius 3 is 2.21 bits per heavy atom. The summed E-state index contributed by atoms with van der Waals surface area (Å²) in [6, 6.07) is 0. The number of carbonyl (C=O) groups is 2. The molecule has 3 rings (SSSR count). The summed E-state index contributed by atoms with van der Waals surface area (Å²) in [6.07, 6.45) is 2.91. The van der Waals surface area contributed by atoms with Crippen molar-refractivity contribution < 1.29 is 22.7 Å². The van der Waals surface area contributed by atoms with Crippen LogP contribution in [0.3, 0.4) is 0 Å². The standard InChI is InChI=1S/C16H26N2O5S/c1-14(2,3)23-13(20)17-16(9-11(16)10-5-6-10)12(19)18-24(21,22)15(4)7-8-15/h10-11H,5-9H2,1-4H3,(H,17,20)(H,18,19). The molecule has 0 aromatic rings. The van der Waals surface area contributed by atoms with Crippen LogP contribution in [0.2, 0.25) is 0 Å². The molecule has 136 valence electrons. The fraction of sp³-hybridized carbons (Fsp3) is 0.875. The third kappa shape index (κ3) is 3.25. The van der Waals surface area contributed by atoms with Gasteiger partial charge in [0.1, 0.15) is 11.1 Å². The van der Waals surface area contributed by atoms with Crippen LogP contribution >= 0.6 is 0 Å². The van der Waals surface area contributed by atoms with Crippen LogP contribution in [0.25, 0.3) is 0 Å². The number of sulfonamides is 1. The van der Waals surface area contributed by atoms with Gasteiger partial charge in [-0.3, -0.25) is 9.52 Å². The predicted molar refractivity (Wildman–Crippen MR) is 87.6 cm³/mol. The Labute approximate surface area is 142 Å². The van der Waals surface area contributed by atoms with Crippen LogP contribution in [0.15, 0.2) is 0 Å². The first kappa shape index (κ1) is 17.5. The first-order chi connectivity index (χ1) is 10.9. The van der Waals surface area contributed by atoms with Gasteiger partial charge in [-0.1, -0.05) is 0 Å². The maximum atomic E-state index is 12.7. The number of ether oxygens (including phenoxy) is 1. The molecule has 3 saturated carbocycles. The average Bonchev–Trinajstić information content (AvgIpc) is 3.24. The van der Waals surface area contributed by atoms with Gasteiger partial charge in [0.25, 0.3) is 5.91 Å². The molecule has 2 amide bonds. The van der Waals surface area contributed by atoms with Crippen molar-refractivity contribution in [3.63, 3.8) is 0 Å². The van der Waals surface area contributed by atoms with Gasteiger partial charge in [-0.2, -0.15) is 0 Å². The lowest BCUT2D eigenvalue weighted by atomic mass is 10.1. The highest BCUT2D eigenvalue weighted by molar-refractivity contribution is 7.91. The van der Waals surface area contributed by atoms with E-state index in [1.165, 1.54) is 0 Å². The van der Waals surface area contributed by atoms with E-state index in [1.807, 2.05) is 0 Å². The van der Waals surface area contributed by atoms with Crippen molar-refractivity contribution >= 4 is 22.0 Å². The molecule has 0 radical (unpaired) electrons.